The maximum Gasteiger partial charge on any atom is 0.130 e. The summed E-state index contributed by atoms with van der Waals surface area (Å²) in [5.41, 5.74) is 6.40. The average molecular weight is 234 g/mol. The second kappa shape index (κ2) is 5.83. The van der Waals surface area contributed by atoms with E-state index in [0.717, 1.165) is 5.57 Å². The molecule has 0 amide bonds. The summed E-state index contributed by atoms with van der Waals surface area (Å²) in [5.74, 6) is -1.20. The van der Waals surface area contributed by atoms with Crippen LogP contribution in [0.15, 0.2) is 30.4 Å². The zero-order chi connectivity index (χ0) is 10.7. The number of hydrogen-bond acceptors (Lipinski definition) is 1. The lowest BCUT2D eigenvalue weighted by Crippen LogP contribution is -2.14. The summed E-state index contributed by atoms with van der Waals surface area (Å²) in [6, 6.07) is 3.07. The lowest BCUT2D eigenvalue weighted by atomic mass is 10.0. The molecule has 4 heteroatoms. The first kappa shape index (κ1) is 14.1. The molecule has 0 aromatic heterocycles. The van der Waals surface area contributed by atoms with E-state index in [1.54, 1.807) is 6.92 Å². The highest BCUT2D eigenvalue weighted by Gasteiger charge is 2.15. The molecule has 15 heavy (non-hydrogen) atoms. The Morgan fingerprint density at radius 3 is 2.27 bits per heavy atom. The minimum atomic E-state index is -0.659. The van der Waals surface area contributed by atoms with Crippen molar-refractivity contribution in [2.45, 2.75) is 19.4 Å². The van der Waals surface area contributed by atoms with E-state index in [4.69, 9.17) is 5.73 Å². The third-order valence-electron chi connectivity index (χ3n) is 1.94. The maximum atomic E-state index is 13.2. The molecule has 0 radical (unpaired) electrons. The minimum absolute atomic E-state index is 0. The van der Waals surface area contributed by atoms with Crippen LogP contribution in [-0.2, 0) is 0 Å². The van der Waals surface area contributed by atoms with Gasteiger partial charge in [0, 0.05) is 11.6 Å². The van der Waals surface area contributed by atoms with Crippen LogP contribution in [0.25, 0.3) is 0 Å². The molecule has 1 aromatic carbocycles. The first-order valence-electron chi connectivity index (χ1n) is 4.36. The Labute approximate surface area is 94.4 Å². The summed E-state index contributed by atoms with van der Waals surface area (Å²) >= 11 is 0. The molecule has 0 heterocycles. The quantitative estimate of drug-likeness (QED) is 0.796. The van der Waals surface area contributed by atoms with Gasteiger partial charge in [-0.3, -0.25) is 0 Å². The van der Waals surface area contributed by atoms with Crippen LogP contribution in [0.1, 0.15) is 24.9 Å². The molecule has 0 saturated carbocycles. The van der Waals surface area contributed by atoms with Crippen molar-refractivity contribution in [1.29, 1.82) is 0 Å². The fraction of sp³-hybridized carbons (Fsp3) is 0.273. The van der Waals surface area contributed by atoms with Gasteiger partial charge in [0.2, 0.25) is 0 Å². The van der Waals surface area contributed by atoms with Crippen LogP contribution in [0.5, 0.6) is 0 Å². The Morgan fingerprint density at radius 2 is 1.87 bits per heavy atom. The molecule has 1 aromatic rings. The van der Waals surface area contributed by atoms with Gasteiger partial charge in [0.05, 0.1) is 0 Å². The SMILES string of the molecule is C=C(C)C[C@H](N)c1c(F)cccc1F.Cl. The van der Waals surface area contributed by atoms with Crippen molar-refractivity contribution in [3.63, 3.8) is 0 Å². The van der Waals surface area contributed by atoms with Crippen molar-refractivity contribution in [3.05, 3.63) is 47.5 Å². The van der Waals surface area contributed by atoms with Gasteiger partial charge < -0.3 is 5.73 Å². The van der Waals surface area contributed by atoms with Crippen molar-refractivity contribution >= 4 is 12.4 Å². The third kappa shape index (κ3) is 3.61. The molecule has 0 aliphatic carbocycles. The summed E-state index contributed by atoms with van der Waals surface area (Å²) in [6.45, 7) is 5.43. The molecule has 0 unspecified atom stereocenters. The molecular weight excluding hydrogens is 220 g/mol. The van der Waals surface area contributed by atoms with E-state index in [-0.39, 0.29) is 18.0 Å². The summed E-state index contributed by atoms with van der Waals surface area (Å²) in [6.07, 6.45) is 0.387. The highest BCUT2D eigenvalue weighted by molar-refractivity contribution is 5.85. The highest BCUT2D eigenvalue weighted by Crippen LogP contribution is 2.23. The maximum absolute atomic E-state index is 13.2. The summed E-state index contributed by atoms with van der Waals surface area (Å²) in [5, 5.41) is 0. The standard InChI is InChI=1S/C11H13F2N.ClH/c1-7(2)6-10(14)11-8(12)4-3-5-9(11)13;/h3-5,10H,1,6,14H2,2H3;1H/t10-;/m0./s1. The largest absolute Gasteiger partial charge is 0.324 e. The molecule has 1 nitrogen and oxygen atoms in total. The molecule has 1 rings (SSSR count). The van der Waals surface area contributed by atoms with Gasteiger partial charge in [-0.15, -0.1) is 19.0 Å². The fourth-order valence-electron chi connectivity index (χ4n) is 1.34. The van der Waals surface area contributed by atoms with Gasteiger partial charge >= 0.3 is 0 Å². The van der Waals surface area contributed by atoms with Crippen molar-refractivity contribution in [2.75, 3.05) is 0 Å². The van der Waals surface area contributed by atoms with Gasteiger partial charge in [0.1, 0.15) is 11.6 Å². The normalized spacial score (nSPS) is 11.7. The van der Waals surface area contributed by atoms with E-state index in [9.17, 15) is 8.78 Å². The molecule has 0 fully saturated rings. The molecular formula is C11H14ClF2N. The fourth-order valence-corrected chi connectivity index (χ4v) is 1.34. The second-order valence-electron chi connectivity index (χ2n) is 3.40. The Hall–Kier alpha value is -0.930. The Bertz CT molecular complexity index is 332. The van der Waals surface area contributed by atoms with E-state index in [1.165, 1.54) is 18.2 Å². The lowest BCUT2D eigenvalue weighted by Gasteiger charge is -2.13. The molecule has 0 bridgehead atoms. The Morgan fingerprint density at radius 1 is 1.40 bits per heavy atom. The first-order valence-corrected chi connectivity index (χ1v) is 4.36. The van der Waals surface area contributed by atoms with Crippen molar-refractivity contribution in [2.24, 2.45) is 5.73 Å². The van der Waals surface area contributed by atoms with Crippen LogP contribution in [0.2, 0.25) is 0 Å². The van der Waals surface area contributed by atoms with Crippen molar-refractivity contribution < 1.29 is 8.78 Å². The monoisotopic (exact) mass is 233 g/mol. The van der Waals surface area contributed by atoms with Crippen LogP contribution in [0.3, 0.4) is 0 Å². The van der Waals surface area contributed by atoms with Crippen LogP contribution in [0, 0.1) is 11.6 Å². The van der Waals surface area contributed by atoms with E-state index in [1.807, 2.05) is 0 Å². The number of rotatable bonds is 3. The lowest BCUT2D eigenvalue weighted by molar-refractivity contribution is 0.524. The second-order valence-corrected chi connectivity index (χ2v) is 3.40. The Balaban J connectivity index is 0.00000196. The van der Waals surface area contributed by atoms with E-state index < -0.39 is 17.7 Å². The first-order chi connectivity index (χ1) is 6.52. The summed E-state index contributed by atoms with van der Waals surface area (Å²) < 4.78 is 26.4. The molecule has 2 N–H and O–H groups in total. The average Bonchev–Trinajstić information content (AvgIpc) is 2.01. The smallest absolute Gasteiger partial charge is 0.130 e. The zero-order valence-electron chi connectivity index (χ0n) is 8.47. The van der Waals surface area contributed by atoms with Crippen molar-refractivity contribution in [3.8, 4) is 0 Å². The van der Waals surface area contributed by atoms with Gasteiger partial charge in [-0.1, -0.05) is 11.6 Å². The molecule has 0 aliphatic rings. The minimum Gasteiger partial charge on any atom is -0.324 e. The predicted octanol–water partition coefficient (Wildman–Crippen LogP) is 3.35. The van der Waals surface area contributed by atoms with Gasteiger partial charge in [0.15, 0.2) is 0 Å². The Kier molecular flexibility index (Phi) is 5.47. The number of benzene rings is 1. The number of nitrogens with two attached hydrogens (primary N) is 1. The van der Waals surface area contributed by atoms with E-state index in [2.05, 4.69) is 6.58 Å². The van der Waals surface area contributed by atoms with Gasteiger partial charge in [0.25, 0.3) is 0 Å². The highest BCUT2D eigenvalue weighted by atomic mass is 35.5. The van der Waals surface area contributed by atoms with Crippen LogP contribution in [0.4, 0.5) is 8.78 Å². The van der Waals surface area contributed by atoms with Crippen LogP contribution < -0.4 is 5.73 Å². The molecule has 1 atom stereocenters. The number of hydrogen-bond donors (Lipinski definition) is 1. The molecule has 0 saturated heterocycles. The zero-order valence-corrected chi connectivity index (χ0v) is 9.28. The molecule has 84 valence electrons. The van der Waals surface area contributed by atoms with E-state index in [0.29, 0.717) is 6.42 Å². The predicted molar refractivity (Wildman–Crippen MR) is 60.0 cm³/mol. The van der Waals surface area contributed by atoms with Gasteiger partial charge in [-0.2, -0.15) is 0 Å². The van der Waals surface area contributed by atoms with Crippen molar-refractivity contribution in [1.82, 2.24) is 0 Å². The van der Waals surface area contributed by atoms with Gasteiger partial charge in [-0.25, -0.2) is 8.78 Å². The van der Waals surface area contributed by atoms with Crippen LogP contribution in [-0.4, -0.2) is 0 Å². The third-order valence-corrected chi connectivity index (χ3v) is 1.94. The summed E-state index contributed by atoms with van der Waals surface area (Å²) in [7, 11) is 0. The van der Waals surface area contributed by atoms with E-state index >= 15 is 0 Å². The van der Waals surface area contributed by atoms with Crippen LogP contribution >= 0.6 is 12.4 Å². The topological polar surface area (TPSA) is 26.0 Å². The summed E-state index contributed by atoms with van der Waals surface area (Å²) in [4.78, 5) is 0. The number of halogens is 3. The molecule has 0 spiro atoms. The molecule has 0 aliphatic heterocycles. The van der Waals surface area contributed by atoms with Gasteiger partial charge in [-0.05, 0) is 25.5 Å².